The number of alkyl carbamates (subject to hydrolysis) is 2. The van der Waals surface area contributed by atoms with Crippen molar-refractivity contribution in [3.63, 3.8) is 0 Å². The van der Waals surface area contributed by atoms with Crippen molar-refractivity contribution in [2.45, 2.75) is 106 Å². The Morgan fingerprint density at radius 1 is 0.708 bits per heavy atom. The van der Waals surface area contributed by atoms with Crippen LogP contribution in [-0.4, -0.2) is 46.4 Å². The van der Waals surface area contributed by atoms with Crippen molar-refractivity contribution in [2.75, 3.05) is 13.1 Å². The molecule has 2 heterocycles. The number of carbonyl (C=O) groups excluding carboxylic acids is 2. The van der Waals surface area contributed by atoms with Gasteiger partial charge < -0.3 is 28.9 Å². The molecule has 2 aromatic heterocycles. The number of carbonyl (C=O) groups is 2. The van der Waals surface area contributed by atoms with E-state index in [0.29, 0.717) is 13.1 Å². The summed E-state index contributed by atoms with van der Waals surface area (Å²) >= 11 is 0. The van der Waals surface area contributed by atoms with Crippen molar-refractivity contribution in [3.8, 4) is 22.6 Å². The number of nitrogens with zero attached hydrogens (tertiary/aromatic N) is 2. The minimum absolute atomic E-state index is 0.371. The van der Waals surface area contributed by atoms with E-state index in [9.17, 15) is 9.59 Å². The third-order valence-corrected chi connectivity index (χ3v) is 6.42. The zero-order chi connectivity index (χ0) is 35.7. The van der Waals surface area contributed by atoms with Crippen LogP contribution in [0, 0.1) is 13.8 Å². The van der Waals surface area contributed by atoms with E-state index in [2.05, 4.69) is 63.9 Å². The van der Waals surface area contributed by atoms with Crippen LogP contribution >= 0.6 is 0 Å². The number of hydrogen-bond acceptors (Lipinski definition) is 8. The highest BCUT2D eigenvalue weighted by molar-refractivity contribution is 5.68. The first kappa shape index (κ1) is 39.6. The minimum atomic E-state index is -0.472. The number of ether oxygens (including phenoxy) is 2. The van der Waals surface area contributed by atoms with E-state index in [1.54, 1.807) is 12.4 Å². The van der Waals surface area contributed by atoms with Crippen molar-refractivity contribution in [2.24, 2.45) is 0 Å². The van der Waals surface area contributed by atoms with Crippen LogP contribution in [0.2, 0.25) is 0 Å². The van der Waals surface area contributed by atoms with Crippen LogP contribution in [0.25, 0.3) is 22.6 Å². The Labute approximate surface area is 286 Å². The van der Waals surface area contributed by atoms with Crippen LogP contribution in [0.1, 0.15) is 90.5 Å². The molecule has 10 nitrogen and oxygen atoms in total. The quantitative estimate of drug-likeness (QED) is 0.161. The lowest BCUT2D eigenvalue weighted by atomic mass is 9.99. The molecular formula is C38H54N4O6. The highest BCUT2D eigenvalue weighted by Gasteiger charge is 2.16. The third kappa shape index (κ3) is 15.3. The number of rotatable bonds is 10. The van der Waals surface area contributed by atoms with Gasteiger partial charge in [-0.25, -0.2) is 19.6 Å². The molecule has 0 unspecified atom stereocenters. The summed E-state index contributed by atoms with van der Waals surface area (Å²) in [5, 5.41) is 5.55. The maximum atomic E-state index is 11.6. The highest BCUT2D eigenvalue weighted by Crippen LogP contribution is 2.26. The van der Waals surface area contributed by atoms with Gasteiger partial charge in [-0.15, -0.1) is 0 Å². The molecule has 0 radical (unpaired) electrons. The Morgan fingerprint density at radius 3 is 1.77 bits per heavy atom. The van der Waals surface area contributed by atoms with E-state index in [4.69, 9.17) is 18.3 Å². The predicted octanol–water partition coefficient (Wildman–Crippen LogP) is 9.24. The van der Waals surface area contributed by atoms with Gasteiger partial charge in [0.15, 0.2) is 24.3 Å². The van der Waals surface area contributed by atoms with E-state index in [0.717, 1.165) is 48.3 Å². The summed E-state index contributed by atoms with van der Waals surface area (Å²) in [7, 11) is 0. The Balaban J connectivity index is 0.000000317. The van der Waals surface area contributed by atoms with Gasteiger partial charge in [-0.1, -0.05) is 43.2 Å². The van der Waals surface area contributed by atoms with Crippen molar-refractivity contribution in [3.05, 3.63) is 83.8 Å². The maximum Gasteiger partial charge on any atom is 0.407 e. The molecular weight excluding hydrogens is 608 g/mol. The van der Waals surface area contributed by atoms with Gasteiger partial charge in [0.1, 0.15) is 11.2 Å². The lowest BCUT2D eigenvalue weighted by Gasteiger charge is -2.19. The zero-order valence-electron chi connectivity index (χ0n) is 30.4. The molecule has 0 fully saturated rings. The van der Waals surface area contributed by atoms with Crippen molar-refractivity contribution in [1.82, 2.24) is 20.6 Å². The first-order valence-corrected chi connectivity index (χ1v) is 16.6. The number of aryl methyl sites for hydroxylation is 4. The molecule has 0 bridgehead atoms. The van der Waals surface area contributed by atoms with Crippen LogP contribution in [0.4, 0.5) is 9.59 Å². The van der Waals surface area contributed by atoms with E-state index in [-0.39, 0.29) is 12.2 Å². The van der Waals surface area contributed by atoms with Crippen LogP contribution in [-0.2, 0) is 22.3 Å². The van der Waals surface area contributed by atoms with Gasteiger partial charge in [-0.3, -0.25) is 0 Å². The molecule has 2 aromatic carbocycles. The van der Waals surface area contributed by atoms with Crippen molar-refractivity contribution >= 4 is 12.2 Å². The van der Waals surface area contributed by atoms with Gasteiger partial charge in [0.25, 0.3) is 0 Å². The predicted molar refractivity (Wildman–Crippen MR) is 190 cm³/mol. The molecule has 2 N–H and O–H groups in total. The number of aromatic nitrogens is 2. The van der Waals surface area contributed by atoms with E-state index >= 15 is 0 Å². The molecule has 48 heavy (non-hydrogen) atoms. The fourth-order valence-corrected chi connectivity index (χ4v) is 4.57. The molecule has 10 heteroatoms. The molecule has 0 atom stereocenters. The second-order valence-electron chi connectivity index (χ2n) is 13.2. The summed E-state index contributed by atoms with van der Waals surface area (Å²) < 4.78 is 21.2. The zero-order valence-corrected chi connectivity index (χ0v) is 30.4. The summed E-state index contributed by atoms with van der Waals surface area (Å²) in [4.78, 5) is 31.1. The second-order valence-corrected chi connectivity index (χ2v) is 13.2. The van der Waals surface area contributed by atoms with E-state index in [1.165, 1.54) is 35.0 Å². The van der Waals surface area contributed by atoms with Crippen LogP contribution in [0.15, 0.2) is 70.4 Å². The first-order chi connectivity index (χ1) is 22.7. The largest absolute Gasteiger partial charge is 0.444 e. The van der Waals surface area contributed by atoms with Gasteiger partial charge in [0.2, 0.25) is 0 Å². The average molecular weight is 663 g/mol. The van der Waals surface area contributed by atoms with E-state index < -0.39 is 11.2 Å². The van der Waals surface area contributed by atoms with Gasteiger partial charge >= 0.3 is 12.2 Å². The van der Waals surface area contributed by atoms with Crippen molar-refractivity contribution < 1.29 is 27.9 Å². The number of benzene rings is 2. The van der Waals surface area contributed by atoms with Gasteiger partial charge in [0.05, 0.1) is 12.4 Å². The number of amides is 2. The molecule has 4 aromatic rings. The Hall–Kier alpha value is -4.60. The number of oxazole rings is 2. The Bertz CT molecular complexity index is 1520. The fraction of sp³-hybridized carbons (Fsp3) is 0.474. The first-order valence-electron chi connectivity index (χ1n) is 16.6. The smallest absolute Gasteiger partial charge is 0.407 e. The Morgan fingerprint density at radius 2 is 1.25 bits per heavy atom. The monoisotopic (exact) mass is 662 g/mol. The summed E-state index contributed by atoms with van der Waals surface area (Å²) in [5.41, 5.74) is 5.88. The Kier molecular flexibility index (Phi) is 15.9. The lowest BCUT2D eigenvalue weighted by molar-refractivity contribution is 0.0515. The third-order valence-electron chi connectivity index (χ3n) is 6.42. The number of nitrogens with one attached hydrogen (secondary N) is 2. The highest BCUT2D eigenvalue weighted by atomic mass is 16.6. The molecule has 0 saturated carbocycles. The SMILES string of the molecule is CC.Cc1cc(CCCNC(=O)OC(C)(C)C)cc(-c2cnco2)c1.Cc1ccc(CCCNC(=O)OC(C)(C)C)c(-c2cnco2)c1. The summed E-state index contributed by atoms with van der Waals surface area (Å²) in [5.74, 6) is 1.53. The molecule has 0 aliphatic carbocycles. The topological polar surface area (TPSA) is 129 Å². The molecule has 2 amide bonds. The van der Waals surface area contributed by atoms with Gasteiger partial charge in [-0.05, 0) is 110 Å². The van der Waals surface area contributed by atoms with Gasteiger partial charge in [0, 0.05) is 24.2 Å². The standard InChI is InChI=1S/2C18H24N2O3.C2H6/c1-13-7-8-14(15(10-13)16-11-19-12-22-16)6-5-9-20-17(21)23-18(2,3)4;1-13-8-14(10-15(9-13)16-11-19-12-22-16)6-5-7-20-17(21)23-18(2,3)4;1-2/h7-8,10-12H,5-6,9H2,1-4H3,(H,20,21);8-12H,5-7H2,1-4H3,(H,20,21);1-2H3. The summed E-state index contributed by atoms with van der Waals surface area (Å²) in [6.45, 7) is 20.4. The van der Waals surface area contributed by atoms with Crippen molar-refractivity contribution in [1.29, 1.82) is 0 Å². The molecule has 0 aliphatic heterocycles. The lowest BCUT2D eigenvalue weighted by Crippen LogP contribution is -2.33. The summed E-state index contributed by atoms with van der Waals surface area (Å²) in [6, 6.07) is 12.6. The summed E-state index contributed by atoms with van der Waals surface area (Å²) in [6.07, 6.45) is 8.93. The average Bonchev–Trinajstić information content (AvgIpc) is 3.73. The van der Waals surface area contributed by atoms with Crippen LogP contribution < -0.4 is 10.6 Å². The number of hydrogen-bond donors (Lipinski definition) is 2. The molecule has 4 rings (SSSR count). The second kappa shape index (κ2) is 19.3. The molecule has 0 saturated heterocycles. The maximum absolute atomic E-state index is 11.6. The molecule has 0 aliphatic rings. The fourth-order valence-electron chi connectivity index (χ4n) is 4.57. The van der Waals surface area contributed by atoms with Crippen LogP contribution in [0.5, 0.6) is 0 Å². The van der Waals surface area contributed by atoms with Gasteiger partial charge in [-0.2, -0.15) is 0 Å². The normalized spacial score (nSPS) is 11.0. The van der Waals surface area contributed by atoms with E-state index in [1.807, 2.05) is 62.3 Å². The molecule has 262 valence electrons. The van der Waals surface area contributed by atoms with Crippen LogP contribution in [0.3, 0.4) is 0 Å². The molecule has 0 spiro atoms. The minimum Gasteiger partial charge on any atom is -0.444 e.